The van der Waals surface area contributed by atoms with Crippen LogP contribution in [0.3, 0.4) is 0 Å². The van der Waals surface area contributed by atoms with Crippen LogP contribution in [-0.4, -0.2) is 24.4 Å². The molecule has 2 unspecified atom stereocenters. The van der Waals surface area contributed by atoms with Gasteiger partial charge in [0.1, 0.15) is 0 Å². The Hall–Kier alpha value is -1.55. The van der Waals surface area contributed by atoms with Gasteiger partial charge in [-0.3, -0.25) is 9.59 Å². The number of hydrogen-bond acceptors (Lipinski definition) is 2. The summed E-state index contributed by atoms with van der Waals surface area (Å²) < 4.78 is 0. The van der Waals surface area contributed by atoms with Crippen LogP contribution < -0.4 is 10.6 Å². The zero-order valence-corrected chi connectivity index (χ0v) is 15.9. The molecule has 25 heavy (non-hydrogen) atoms. The second-order valence-corrected chi connectivity index (χ2v) is 7.67. The quantitative estimate of drug-likeness (QED) is 0.744. The molecule has 5 heteroatoms. The van der Waals surface area contributed by atoms with Gasteiger partial charge in [0.2, 0.25) is 5.91 Å². The van der Waals surface area contributed by atoms with Gasteiger partial charge in [0, 0.05) is 19.0 Å². The maximum atomic E-state index is 12.1. The molecule has 2 amide bonds. The van der Waals surface area contributed by atoms with Crippen molar-refractivity contribution < 1.29 is 9.59 Å². The lowest BCUT2D eigenvalue weighted by Gasteiger charge is -2.19. The van der Waals surface area contributed by atoms with Gasteiger partial charge in [-0.15, -0.1) is 0 Å². The minimum atomic E-state index is -0.243. The molecular formula is C20H29ClN2O2. The third-order valence-corrected chi connectivity index (χ3v) is 5.41. The van der Waals surface area contributed by atoms with Crippen LogP contribution in [0.5, 0.6) is 0 Å². The SMILES string of the molecule is CC(C)C1CCCC(NC(=O)CCNC(=O)c2ccccc2Cl)CC1. The molecule has 2 rings (SSSR count). The highest BCUT2D eigenvalue weighted by atomic mass is 35.5. The molecule has 0 saturated heterocycles. The van der Waals surface area contributed by atoms with Crippen LogP contribution in [0.4, 0.5) is 0 Å². The van der Waals surface area contributed by atoms with E-state index in [2.05, 4.69) is 24.5 Å². The van der Waals surface area contributed by atoms with E-state index in [0.717, 1.165) is 24.7 Å². The molecule has 0 radical (unpaired) electrons. The van der Waals surface area contributed by atoms with Crippen molar-refractivity contribution in [2.75, 3.05) is 6.54 Å². The summed E-state index contributed by atoms with van der Waals surface area (Å²) >= 11 is 6.00. The second kappa shape index (κ2) is 9.81. The molecule has 1 fully saturated rings. The van der Waals surface area contributed by atoms with Crippen LogP contribution in [0, 0.1) is 11.8 Å². The minimum Gasteiger partial charge on any atom is -0.353 e. The van der Waals surface area contributed by atoms with Gasteiger partial charge in [-0.25, -0.2) is 0 Å². The highest BCUT2D eigenvalue weighted by Crippen LogP contribution is 2.28. The molecule has 0 aliphatic heterocycles. The maximum Gasteiger partial charge on any atom is 0.252 e. The third kappa shape index (κ3) is 6.35. The summed E-state index contributed by atoms with van der Waals surface area (Å²) in [5.74, 6) is 1.26. The minimum absolute atomic E-state index is 0.00690. The number of rotatable bonds is 6. The molecule has 2 atom stereocenters. The molecule has 2 N–H and O–H groups in total. The average molecular weight is 365 g/mol. The highest BCUT2D eigenvalue weighted by molar-refractivity contribution is 6.33. The standard InChI is InChI=1S/C20H29ClN2O2/c1-14(2)15-6-5-7-16(11-10-15)23-19(24)12-13-22-20(25)17-8-3-4-9-18(17)21/h3-4,8-9,14-16H,5-7,10-13H2,1-2H3,(H,22,25)(H,23,24). The molecule has 4 nitrogen and oxygen atoms in total. The van der Waals surface area contributed by atoms with Gasteiger partial charge in [0.25, 0.3) is 5.91 Å². The van der Waals surface area contributed by atoms with Crippen LogP contribution in [0.25, 0.3) is 0 Å². The summed E-state index contributed by atoms with van der Waals surface area (Å²) in [6, 6.07) is 7.18. The molecule has 138 valence electrons. The normalized spacial score (nSPS) is 20.8. The summed E-state index contributed by atoms with van der Waals surface area (Å²) in [5, 5.41) is 6.30. The predicted molar refractivity (Wildman–Crippen MR) is 102 cm³/mol. The summed E-state index contributed by atoms with van der Waals surface area (Å²) in [5.41, 5.74) is 0.438. The van der Waals surface area contributed by atoms with Crippen molar-refractivity contribution in [2.45, 2.75) is 58.4 Å². The van der Waals surface area contributed by atoms with E-state index in [-0.39, 0.29) is 17.9 Å². The number of amides is 2. The summed E-state index contributed by atoms with van der Waals surface area (Å²) in [7, 11) is 0. The fraction of sp³-hybridized carbons (Fsp3) is 0.600. The third-order valence-electron chi connectivity index (χ3n) is 5.08. The molecule has 0 bridgehead atoms. The maximum absolute atomic E-state index is 12.1. The molecule has 0 heterocycles. The number of hydrogen-bond donors (Lipinski definition) is 2. The van der Waals surface area contributed by atoms with Crippen molar-refractivity contribution >= 4 is 23.4 Å². The molecule has 0 spiro atoms. The van der Waals surface area contributed by atoms with Crippen molar-refractivity contribution in [3.8, 4) is 0 Å². The zero-order chi connectivity index (χ0) is 18.2. The van der Waals surface area contributed by atoms with Crippen molar-refractivity contribution in [2.24, 2.45) is 11.8 Å². The second-order valence-electron chi connectivity index (χ2n) is 7.26. The first-order chi connectivity index (χ1) is 12.0. The predicted octanol–water partition coefficient (Wildman–Crippen LogP) is 4.18. The van der Waals surface area contributed by atoms with E-state index in [0.29, 0.717) is 23.6 Å². The largest absolute Gasteiger partial charge is 0.353 e. The van der Waals surface area contributed by atoms with Gasteiger partial charge in [0.05, 0.1) is 10.6 Å². The molecule has 0 aromatic heterocycles. The Labute approximate surface area is 155 Å². The molecule has 1 aliphatic carbocycles. The zero-order valence-electron chi connectivity index (χ0n) is 15.2. The number of halogens is 1. The molecule has 1 aliphatic rings. The topological polar surface area (TPSA) is 58.2 Å². The molecular weight excluding hydrogens is 336 g/mol. The van der Waals surface area contributed by atoms with Crippen LogP contribution in [0.15, 0.2) is 24.3 Å². The van der Waals surface area contributed by atoms with Gasteiger partial charge in [-0.2, -0.15) is 0 Å². The number of carbonyl (C=O) groups is 2. The van der Waals surface area contributed by atoms with Gasteiger partial charge in [-0.05, 0) is 43.2 Å². The fourth-order valence-electron chi connectivity index (χ4n) is 3.47. The Bertz CT molecular complexity index is 589. The number of benzene rings is 1. The van der Waals surface area contributed by atoms with Crippen LogP contribution in [-0.2, 0) is 4.79 Å². The fourth-order valence-corrected chi connectivity index (χ4v) is 3.69. The number of carbonyl (C=O) groups excluding carboxylic acids is 2. The van der Waals surface area contributed by atoms with E-state index in [1.54, 1.807) is 24.3 Å². The van der Waals surface area contributed by atoms with Crippen molar-refractivity contribution in [3.63, 3.8) is 0 Å². The van der Waals surface area contributed by atoms with E-state index < -0.39 is 0 Å². The van der Waals surface area contributed by atoms with Crippen molar-refractivity contribution in [1.82, 2.24) is 10.6 Å². The lowest BCUT2D eigenvalue weighted by atomic mass is 9.89. The van der Waals surface area contributed by atoms with E-state index in [4.69, 9.17) is 11.6 Å². The number of nitrogens with one attached hydrogen (secondary N) is 2. The smallest absolute Gasteiger partial charge is 0.252 e. The van der Waals surface area contributed by atoms with Crippen LogP contribution >= 0.6 is 11.6 Å². The van der Waals surface area contributed by atoms with Gasteiger partial charge < -0.3 is 10.6 Å². The summed E-state index contributed by atoms with van der Waals surface area (Å²) in [6.45, 7) is 4.88. The monoisotopic (exact) mass is 364 g/mol. The molecule has 1 aromatic rings. The first kappa shape index (κ1) is 19.8. The summed E-state index contributed by atoms with van der Waals surface area (Å²) in [4.78, 5) is 24.2. The molecule has 1 saturated carbocycles. The summed E-state index contributed by atoms with van der Waals surface area (Å²) in [6.07, 6.45) is 6.03. The van der Waals surface area contributed by atoms with Gasteiger partial charge in [-0.1, -0.05) is 50.4 Å². The lowest BCUT2D eigenvalue weighted by Crippen LogP contribution is -2.37. The van der Waals surface area contributed by atoms with Crippen LogP contribution in [0.2, 0.25) is 5.02 Å². The Kier molecular flexibility index (Phi) is 7.76. The Morgan fingerprint density at radius 3 is 2.64 bits per heavy atom. The van der Waals surface area contributed by atoms with E-state index in [9.17, 15) is 9.59 Å². The Morgan fingerprint density at radius 1 is 1.16 bits per heavy atom. The van der Waals surface area contributed by atoms with E-state index in [1.165, 1.54) is 19.3 Å². The highest BCUT2D eigenvalue weighted by Gasteiger charge is 2.22. The van der Waals surface area contributed by atoms with E-state index >= 15 is 0 Å². The first-order valence-electron chi connectivity index (χ1n) is 9.29. The van der Waals surface area contributed by atoms with Crippen LogP contribution in [0.1, 0.15) is 62.7 Å². The first-order valence-corrected chi connectivity index (χ1v) is 9.67. The van der Waals surface area contributed by atoms with Gasteiger partial charge in [0.15, 0.2) is 0 Å². The Balaban J connectivity index is 1.70. The lowest BCUT2D eigenvalue weighted by molar-refractivity contribution is -0.121. The van der Waals surface area contributed by atoms with Gasteiger partial charge >= 0.3 is 0 Å². The van der Waals surface area contributed by atoms with Crippen molar-refractivity contribution in [1.29, 1.82) is 0 Å². The van der Waals surface area contributed by atoms with E-state index in [1.807, 2.05) is 0 Å². The van der Waals surface area contributed by atoms with Crippen molar-refractivity contribution in [3.05, 3.63) is 34.9 Å². The Morgan fingerprint density at radius 2 is 1.92 bits per heavy atom. The average Bonchev–Trinajstić information content (AvgIpc) is 2.81. The molecule has 1 aromatic carbocycles.